The molecule has 0 aliphatic carbocycles. The van der Waals surface area contributed by atoms with Gasteiger partial charge in [0.25, 0.3) is 0 Å². The van der Waals surface area contributed by atoms with Crippen LogP contribution < -0.4 is 15.4 Å². The number of benzene rings is 1. The maximum absolute atomic E-state index is 11.7. The summed E-state index contributed by atoms with van der Waals surface area (Å²) in [5.41, 5.74) is 1.07. The van der Waals surface area contributed by atoms with Crippen molar-refractivity contribution in [3.63, 3.8) is 0 Å². The van der Waals surface area contributed by atoms with E-state index in [0.717, 1.165) is 24.4 Å². The largest absolute Gasteiger partial charge is 0.494 e. The number of hydrogen-bond donors (Lipinski definition) is 2. The van der Waals surface area contributed by atoms with E-state index < -0.39 is 0 Å². The summed E-state index contributed by atoms with van der Waals surface area (Å²) in [5, 5.41) is 6.11. The Labute approximate surface area is 108 Å². The fourth-order valence-corrected chi connectivity index (χ4v) is 1.94. The summed E-state index contributed by atoms with van der Waals surface area (Å²) < 4.78 is 5.42. The van der Waals surface area contributed by atoms with Crippen molar-refractivity contribution >= 4 is 5.91 Å². The monoisotopic (exact) mass is 248 g/mol. The standard InChI is InChI=1S/C14H20N2O2/c1-2-18-13-5-3-4-11(6-13)10-16-14(17)7-12-8-15-9-12/h3-6,12,15H,2,7-10H2,1H3,(H,16,17). The molecule has 1 aromatic rings. The average Bonchev–Trinajstić information content (AvgIpc) is 2.32. The van der Waals surface area contributed by atoms with Crippen molar-refractivity contribution in [2.75, 3.05) is 19.7 Å². The Balaban J connectivity index is 1.77. The summed E-state index contributed by atoms with van der Waals surface area (Å²) in [6, 6.07) is 7.83. The lowest BCUT2D eigenvalue weighted by atomic mass is 9.99. The second kappa shape index (κ2) is 6.40. The molecule has 4 heteroatoms. The van der Waals surface area contributed by atoms with Crippen LogP contribution in [0.15, 0.2) is 24.3 Å². The highest BCUT2D eigenvalue weighted by Crippen LogP contribution is 2.13. The molecule has 1 aliphatic heterocycles. The third-order valence-corrected chi connectivity index (χ3v) is 3.04. The minimum Gasteiger partial charge on any atom is -0.494 e. The lowest BCUT2D eigenvalue weighted by Gasteiger charge is -2.26. The first-order valence-corrected chi connectivity index (χ1v) is 6.47. The van der Waals surface area contributed by atoms with Gasteiger partial charge in [0.2, 0.25) is 5.91 Å². The van der Waals surface area contributed by atoms with Crippen molar-refractivity contribution in [2.45, 2.75) is 19.9 Å². The van der Waals surface area contributed by atoms with Crippen molar-refractivity contribution in [3.8, 4) is 5.75 Å². The lowest BCUT2D eigenvalue weighted by Crippen LogP contribution is -2.44. The summed E-state index contributed by atoms with van der Waals surface area (Å²) in [7, 11) is 0. The van der Waals surface area contributed by atoms with Gasteiger partial charge in [-0.1, -0.05) is 12.1 Å². The van der Waals surface area contributed by atoms with Crippen LogP contribution in [0.2, 0.25) is 0 Å². The van der Waals surface area contributed by atoms with Crippen molar-refractivity contribution in [1.82, 2.24) is 10.6 Å². The van der Waals surface area contributed by atoms with Gasteiger partial charge in [-0.2, -0.15) is 0 Å². The van der Waals surface area contributed by atoms with Gasteiger partial charge >= 0.3 is 0 Å². The predicted molar refractivity (Wildman–Crippen MR) is 70.4 cm³/mol. The molecule has 2 rings (SSSR count). The zero-order valence-corrected chi connectivity index (χ0v) is 10.7. The van der Waals surface area contributed by atoms with E-state index in [1.54, 1.807) is 0 Å². The fraction of sp³-hybridized carbons (Fsp3) is 0.500. The first-order valence-electron chi connectivity index (χ1n) is 6.47. The van der Waals surface area contributed by atoms with Gasteiger partial charge in [-0.05, 0) is 43.6 Å². The van der Waals surface area contributed by atoms with Gasteiger partial charge in [0.1, 0.15) is 5.75 Å². The van der Waals surface area contributed by atoms with Crippen LogP contribution >= 0.6 is 0 Å². The van der Waals surface area contributed by atoms with Gasteiger partial charge < -0.3 is 15.4 Å². The summed E-state index contributed by atoms with van der Waals surface area (Å²) in [6.45, 7) is 5.12. The molecule has 0 spiro atoms. The highest BCUT2D eigenvalue weighted by Gasteiger charge is 2.19. The van der Waals surface area contributed by atoms with Crippen molar-refractivity contribution < 1.29 is 9.53 Å². The molecule has 1 amide bonds. The van der Waals surface area contributed by atoms with E-state index in [4.69, 9.17) is 4.74 Å². The first kappa shape index (κ1) is 12.9. The Morgan fingerprint density at radius 3 is 3.00 bits per heavy atom. The minimum absolute atomic E-state index is 0.128. The summed E-state index contributed by atoms with van der Waals surface area (Å²) in [6.07, 6.45) is 0.623. The Hall–Kier alpha value is -1.55. The summed E-state index contributed by atoms with van der Waals surface area (Å²) in [5.74, 6) is 1.50. The van der Waals surface area contributed by atoms with E-state index in [1.807, 2.05) is 31.2 Å². The van der Waals surface area contributed by atoms with Crippen molar-refractivity contribution in [2.24, 2.45) is 5.92 Å². The minimum atomic E-state index is 0.128. The normalized spacial score (nSPS) is 14.9. The van der Waals surface area contributed by atoms with Crippen LogP contribution in [0, 0.1) is 5.92 Å². The van der Waals surface area contributed by atoms with Crippen LogP contribution in [0.5, 0.6) is 5.75 Å². The van der Waals surface area contributed by atoms with Crippen molar-refractivity contribution in [1.29, 1.82) is 0 Å². The van der Waals surface area contributed by atoms with E-state index in [-0.39, 0.29) is 5.91 Å². The summed E-state index contributed by atoms with van der Waals surface area (Å²) >= 11 is 0. The van der Waals surface area contributed by atoms with E-state index in [1.165, 1.54) is 0 Å². The van der Waals surface area contributed by atoms with Gasteiger partial charge in [-0.25, -0.2) is 0 Å². The van der Waals surface area contributed by atoms with Gasteiger partial charge in [0.05, 0.1) is 6.61 Å². The molecular weight excluding hydrogens is 228 g/mol. The Bertz CT molecular complexity index is 403. The van der Waals surface area contributed by atoms with Gasteiger partial charge in [-0.15, -0.1) is 0 Å². The third-order valence-electron chi connectivity index (χ3n) is 3.04. The molecule has 1 aliphatic rings. The lowest BCUT2D eigenvalue weighted by molar-refractivity contribution is -0.122. The molecule has 1 saturated heterocycles. The second-order valence-corrected chi connectivity index (χ2v) is 4.59. The number of amides is 1. The van der Waals surface area contributed by atoms with Crippen LogP contribution in [0.3, 0.4) is 0 Å². The van der Waals surface area contributed by atoms with E-state index >= 15 is 0 Å². The molecule has 0 radical (unpaired) electrons. The second-order valence-electron chi connectivity index (χ2n) is 4.59. The maximum atomic E-state index is 11.7. The zero-order valence-electron chi connectivity index (χ0n) is 10.7. The Morgan fingerprint density at radius 1 is 1.50 bits per heavy atom. The van der Waals surface area contributed by atoms with Crippen LogP contribution in [-0.2, 0) is 11.3 Å². The highest BCUT2D eigenvalue weighted by molar-refractivity contribution is 5.76. The molecule has 0 atom stereocenters. The smallest absolute Gasteiger partial charge is 0.220 e. The van der Waals surface area contributed by atoms with Crippen LogP contribution in [0.4, 0.5) is 0 Å². The number of nitrogens with one attached hydrogen (secondary N) is 2. The SMILES string of the molecule is CCOc1cccc(CNC(=O)CC2CNC2)c1. The number of carbonyl (C=O) groups is 1. The Morgan fingerprint density at radius 2 is 2.33 bits per heavy atom. The molecule has 0 saturated carbocycles. The fourth-order valence-electron chi connectivity index (χ4n) is 1.94. The van der Waals surface area contributed by atoms with E-state index in [9.17, 15) is 4.79 Å². The molecule has 98 valence electrons. The average molecular weight is 248 g/mol. The van der Waals surface area contributed by atoms with E-state index in [0.29, 0.717) is 25.5 Å². The Kier molecular flexibility index (Phi) is 4.59. The molecule has 2 N–H and O–H groups in total. The molecule has 4 nitrogen and oxygen atoms in total. The van der Waals surface area contributed by atoms with Gasteiger partial charge in [0.15, 0.2) is 0 Å². The number of carbonyl (C=O) groups excluding carboxylic acids is 1. The quantitative estimate of drug-likeness (QED) is 0.798. The molecule has 1 fully saturated rings. The van der Waals surface area contributed by atoms with Gasteiger partial charge in [0, 0.05) is 13.0 Å². The number of ether oxygens (including phenoxy) is 1. The molecule has 0 aromatic heterocycles. The summed E-state index contributed by atoms with van der Waals surface area (Å²) in [4.78, 5) is 11.7. The van der Waals surface area contributed by atoms with Crippen LogP contribution in [0.25, 0.3) is 0 Å². The van der Waals surface area contributed by atoms with Crippen molar-refractivity contribution in [3.05, 3.63) is 29.8 Å². The third kappa shape index (κ3) is 3.74. The molecule has 0 bridgehead atoms. The predicted octanol–water partition coefficient (Wildman–Crippen LogP) is 1.31. The van der Waals surface area contributed by atoms with Crippen LogP contribution in [0.1, 0.15) is 18.9 Å². The first-order chi connectivity index (χ1) is 8.78. The van der Waals surface area contributed by atoms with Gasteiger partial charge in [-0.3, -0.25) is 4.79 Å². The molecular formula is C14H20N2O2. The molecule has 1 aromatic carbocycles. The number of hydrogen-bond acceptors (Lipinski definition) is 3. The van der Waals surface area contributed by atoms with E-state index in [2.05, 4.69) is 10.6 Å². The number of rotatable bonds is 6. The van der Waals surface area contributed by atoms with Crippen LogP contribution in [-0.4, -0.2) is 25.6 Å². The topological polar surface area (TPSA) is 50.4 Å². The maximum Gasteiger partial charge on any atom is 0.220 e. The molecule has 18 heavy (non-hydrogen) atoms. The highest BCUT2D eigenvalue weighted by atomic mass is 16.5. The zero-order chi connectivity index (χ0) is 12.8. The molecule has 0 unspecified atom stereocenters. The molecule has 1 heterocycles.